The summed E-state index contributed by atoms with van der Waals surface area (Å²) in [5.41, 5.74) is 7.56. The van der Waals surface area contributed by atoms with Crippen molar-refractivity contribution in [2.24, 2.45) is 0 Å². The third-order valence-electron chi connectivity index (χ3n) is 6.78. The molecule has 33 heavy (non-hydrogen) atoms. The molecule has 4 aromatic rings. The highest BCUT2D eigenvalue weighted by Crippen LogP contribution is 2.40. The van der Waals surface area contributed by atoms with Gasteiger partial charge in [-0.15, -0.1) is 0 Å². The summed E-state index contributed by atoms with van der Waals surface area (Å²) in [4.78, 5) is 31.4. The van der Waals surface area contributed by atoms with Gasteiger partial charge in [0.2, 0.25) is 0 Å². The van der Waals surface area contributed by atoms with E-state index in [0.717, 1.165) is 53.5 Å². The van der Waals surface area contributed by atoms with E-state index in [2.05, 4.69) is 41.1 Å². The fraction of sp³-hybridized carbons (Fsp3) is 0.346. The largest absolute Gasteiger partial charge is 0.465 e. The van der Waals surface area contributed by atoms with Gasteiger partial charge in [-0.2, -0.15) is 0 Å². The van der Waals surface area contributed by atoms with Crippen molar-refractivity contribution in [2.75, 3.05) is 13.2 Å². The third-order valence-corrected chi connectivity index (χ3v) is 6.78. The summed E-state index contributed by atoms with van der Waals surface area (Å²) < 4.78 is 12.6. The number of carbonyl (C=O) groups is 1. The van der Waals surface area contributed by atoms with Crippen molar-refractivity contribution in [3.8, 4) is 11.1 Å². The second-order valence-corrected chi connectivity index (χ2v) is 9.00. The summed E-state index contributed by atoms with van der Waals surface area (Å²) in [6.45, 7) is 6.07. The minimum atomic E-state index is -0.187. The summed E-state index contributed by atoms with van der Waals surface area (Å²) in [5, 5.41) is 0.928. The van der Waals surface area contributed by atoms with Gasteiger partial charge >= 0.3 is 5.97 Å². The number of oxazole rings is 1. The van der Waals surface area contributed by atoms with Gasteiger partial charge in [-0.25, -0.2) is 4.98 Å². The van der Waals surface area contributed by atoms with Crippen molar-refractivity contribution >= 4 is 28.0 Å². The Morgan fingerprint density at radius 1 is 1.18 bits per heavy atom. The molecule has 7 nitrogen and oxygen atoms in total. The fourth-order valence-corrected chi connectivity index (χ4v) is 5.13. The topological polar surface area (TPSA) is 77.6 Å². The molecule has 0 bridgehead atoms. The monoisotopic (exact) mass is 443 g/mol. The number of hydrogen-bond acceptors (Lipinski definition) is 6. The molecule has 2 aromatic heterocycles. The molecule has 1 fully saturated rings. The summed E-state index contributed by atoms with van der Waals surface area (Å²) in [6, 6.07) is 10.9. The first-order chi connectivity index (χ1) is 16.0. The fourth-order valence-electron chi connectivity index (χ4n) is 5.13. The number of aromatic nitrogens is 2. The first kappa shape index (κ1) is 20.2. The Bertz CT molecular complexity index is 1480. The lowest BCUT2D eigenvalue weighted by Gasteiger charge is -2.16. The van der Waals surface area contributed by atoms with Crippen LogP contribution in [0.25, 0.3) is 33.1 Å². The molecule has 2 aromatic carbocycles. The van der Waals surface area contributed by atoms with Crippen molar-refractivity contribution < 1.29 is 13.9 Å². The van der Waals surface area contributed by atoms with Crippen molar-refractivity contribution in [3.63, 3.8) is 0 Å². The van der Waals surface area contributed by atoms with E-state index >= 15 is 0 Å². The Hall–Kier alpha value is -3.45. The number of aryl methyl sites for hydroxylation is 1. The highest BCUT2D eigenvalue weighted by atomic mass is 16.5. The Kier molecular flexibility index (Phi) is 4.62. The number of hydrogen-bond donors (Lipinski definition) is 0. The molecule has 0 N–H and O–H groups in total. The van der Waals surface area contributed by atoms with E-state index in [0.29, 0.717) is 24.3 Å². The van der Waals surface area contributed by atoms with E-state index in [9.17, 15) is 9.59 Å². The molecule has 0 atom stereocenters. The molecular weight excluding hydrogens is 418 g/mol. The summed E-state index contributed by atoms with van der Waals surface area (Å²) in [5.74, 6) is -0.187. The van der Waals surface area contributed by atoms with Crippen LogP contribution in [-0.4, -0.2) is 33.6 Å². The number of benzene rings is 2. The molecule has 168 valence electrons. The zero-order valence-corrected chi connectivity index (χ0v) is 18.8. The molecule has 1 aliphatic heterocycles. The maximum absolute atomic E-state index is 13.2. The quantitative estimate of drug-likeness (QED) is 0.427. The summed E-state index contributed by atoms with van der Waals surface area (Å²) in [7, 11) is 0. The lowest BCUT2D eigenvalue weighted by atomic mass is 9.95. The van der Waals surface area contributed by atoms with Gasteiger partial charge in [0.15, 0.2) is 17.5 Å². The van der Waals surface area contributed by atoms with E-state index in [1.54, 1.807) is 0 Å². The van der Waals surface area contributed by atoms with Crippen LogP contribution in [0.15, 0.2) is 45.9 Å². The molecule has 2 aliphatic rings. The highest BCUT2D eigenvalue weighted by Gasteiger charge is 2.30. The average molecular weight is 444 g/mol. The molecule has 0 spiro atoms. The second-order valence-electron chi connectivity index (χ2n) is 9.00. The maximum Gasteiger partial charge on any atom is 0.320 e. The molecule has 0 radical (unpaired) electrons. The van der Waals surface area contributed by atoms with Crippen molar-refractivity contribution in [2.45, 2.75) is 45.8 Å². The Balaban J connectivity index is 1.43. The Labute approximate surface area is 190 Å². The molecule has 7 heteroatoms. The summed E-state index contributed by atoms with van der Waals surface area (Å²) >= 11 is 0. The highest BCUT2D eigenvalue weighted by molar-refractivity contribution is 6.04. The molecule has 6 rings (SSSR count). The SMILES string of the molecule is CCOC(=O)CN1Cc2ccc(-c3ccc4c5ocnc5c(=O)n(C5CC5)c4c3C)cc2C1. The van der Waals surface area contributed by atoms with Crippen LogP contribution in [0.4, 0.5) is 0 Å². The van der Waals surface area contributed by atoms with Gasteiger partial charge in [0, 0.05) is 24.5 Å². The number of pyridine rings is 1. The van der Waals surface area contributed by atoms with Gasteiger partial charge in [-0.1, -0.05) is 18.2 Å². The zero-order chi connectivity index (χ0) is 22.7. The van der Waals surface area contributed by atoms with Crippen LogP contribution in [0, 0.1) is 6.92 Å². The number of fused-ring (bicyclic) bond motifs is 4. The summed E-state index contributed by atoms with van der Waals surface area (Å²) in [6.07, 6.45) is 3.38. The van der Waals surface area contributed by atoms with Crippen molar-refractivity contribution in [3.05, 3.63) is 63.8 Å². The minimum Gasteiger partial charge on any atom is -0.465 e. The predicted octanol–water partition coefficient (Wildman–Crippen LogP) is 4.33. The first-order valence-corrected chi connectivity index (χ1v) is 11.5. The number of nitrogens with zero attached hydrogens (tertiary/aromatic N) is 3. The van der Waals surface area contributed by atoms with E-state index in [1.807, 2.05) is 17.6 Å². The Morgan fingerprint density at radius 3 is 2.79 bits per heavy atom. The van der Waals surface area contributed by atoms with Crippen molar-refractivity contribution in [1.29, 1.82) is 0 Å². The van der Waals surface area contributed by atoms with Crippen LogP contribution in [0.2, 0.25) is 0 Å². The lowest BCUT2D eigenvalue weighted by Crippen LogP contribution is -2.26. The van der Waals surface area contributed by atoms with E-state index in [1.165, 1.54) is 17.5 Å². The minimum absolute atomic E-state index is 0.0717. The van der Waals surface area contributed by atoms with Crippen LogP contribution < -0.4 is 5.56 Å². The predicted molar refractivity (Wildman–Crippen MR) is 125 cm³/mol. The molecule has 1 aliphatic carbocycles. The second kappa shape index (κ2) is 7.56. The van der Waals surface area contributed by atoms with Crippen LogP contribution in [-0.2, 0) is 22.6 Å². The van der Waals surface area contributed by atoms with Gasteiger partial charge in [0.1, 0.15) is 0 Å². The first-order valence-electron chi connectivity index (χ1n) is 11.5. The number of carbonyl (C=O) groups excluding carboxylic acids is 1. The van der Waals surface area contributed by atoms with E-state index in [-0.39, 0.29) is 17.6 Å². The molecule has 1 saturated carbocycles. The van der Waals surface area contributed by atoms with E-state index in [4.69, 9.17) is 9.15 Å². The van der Waals surface area contributed by atoms with Gasteiger partial charge < -0.3 is 13.7 Å². The van der Waals surface area contributed by atoms with Crippen LogP contribution in [0.5, 0.6) is 0 Å². The molecule has 0 amide bonds. The van der Waals surface area contributed by atoms with Gasteiger partial charge in [0.25, 0.3) is 5.56 Å². The number of ether oxygens (including phenoxy) is 1. The van der Waals surface area contributed by atoms with Crippen LogP contribution in [0.3, 0.4) is 0 Å². The van der Waals surface area contributed by atoms with Gasteiger partial charge in [0.05, 0.1) is 18.7 Å². The normalized spacial score (nSPS) is 15.9. The molecule has 3 heterocycles. The van der Waals surface area contributed by atoms with Crippen LogP contribution >= 0.6 is 0 Å². The Morgan fingerprint density at radius 2 is 2.00 bits per heavy atom. The zero-order valence-electron chi connectivity index (χ0n) is 18.8. The lowest BCUT2D eigenvalue weighted by molar-refractivity contribution is -0.144. The average Bonchev–Trinajstić information content (AvgIpc) is 3.35. The number of rotatable bonds is 5. The molecule has 0 unspecified atom stereocenters. The maximum atomic E-state index is 13.2. The third kappa shape index (κ3) is 3.26. The van der Waals surface area contributed by atoms with Crippen LogP contribution in [0.1, 0.15) is 42.5 Å². The molecular formula is C26H25N3O4. The van der Waals surface area contributed by atoms with E-state index < -0.39 is 0 Å². The van der Waals surface area contributed by atoms with Gasteiger partial charge in [-0.3, -0.25) is 14.5 Å². The standard InChI is InChI=1S/C26H25N3O4/c1-3-32-22(30)13-28-11-17-5-4-16(10-18(17)12-28)20-8-9-21-24(15(20)2)29(19-6-7-19)26(31)23-25(21)33-14-27-23/h4-5,8-10,14,19H,3,6-7,11-13H2,1-2H3. The number of esters is 1. The smallest absolute Gasteiger partial charge is 0.320 e. The van der Waals surface area contributed by atoms with Crippen molar-refractivity contribution in [1.82, 2.24) is 14.5 Å². The molecule has 0 saturated heterocycles. The van der Waals surface area contributed by atoms with Gasteiger partial charge in [-0.05, 0) is 66.6 Å².